The van der Waals surface area contributed by atoms with Crippen LogP contribution in [0.1, 0.15) is 11.4 Å². The van der Waals surface area contributed by atoms with E-state index in [0.717, 1.165) is 4.73 Å². The van der Waals surface area contributed by atoms with Gasteiger partial charge in [-0.15, -0.1) is 0 Å². The van der Waals surface area contributed by atoms with Crippen LogP contribution in [0.4, 0.5) is 0 Å². The minimum Gasteiger partial charge on any atom is -0.618 e. The van der Waals surface area contributed by atoms with Crippen LogP contribution in [0.2, 0.25) is 0 Å². The van der Waals surface area contributed by atoms with Crippen molar-refractivity contribution in [2.75, 3.05) is 72.0 Å². The van der Waals surface area contributed by atoms with Crippen molar-refractivity contribution in [3.63, 3.8) is 0 Å². The molecule has 1 aromatic rings. The van der Waals surface area contributed by atoms with Crippen molar-refractivity contribution in [2.24, 2.45) is 0 Å². The summed E-state index contributed by atoms with van der Waals surface area (Å²) >= 11 is 0. The van der Waals surface area contributed by atoms with Crippen molar-refractivity contribution in [1.82, 2.24) is 19.6 Å². The molecule has 1 aliphatic rings. The number of aryl methyl sites for hydroxylation is 1. The molecular formula is C21H33N5O7. The number of pyridine rings is 1. The number of hydrogen-bond donors (Lipinski definition) is 3. The summed E-state index contributed by atoms with van der Waals surface area (Å²) in [5, 5.41) is 40.2. The Morgan fingerprint density at radius 3 is 1.48 bits per heavy atom. The highest BCUT2D eigenvalue weighted by Gasteiger charge is 2.21. The van der Waals surface area contributed by atoms with E-state index in [2.05, 4.69) is 0 Å². The monoisotopic (exact) mass is 467 g/mol. The summed E-state index contributed by atoms with van der Waals surface area (Å²) in [6, 6.07) is 5.27. The quantitative estimate of drug-likeness (QED) is 0.306. The van der Waals surface area contributed by atoms with Crippen LogP contribution in [0, 0.1) is 12.1 Å². The minimum atomic E-state index is -0.994. The van der Waals surface area contributed by atoms with Crippen molar-refractivity contribution >= 4 is 17.9 Å². The van der Waals surface area contributed by atoms with Crippen molar-refractivity contribution in [2.45, 2.75) is 13.5 Å². The van der Waals surface area contributed by atoms with Gasteiger partial charge in [0, 0.05) is 71.4 Å². The normalized spacial score (nSPS) is 18.3. The molecule has 184 valence electrons. The number of aromatic nitrogens is 1. The molecule has 0 unspecified atom stereocenters. The Labute approximate surface area is 192 Å². The molecule has 0 saturated carbocycles. The summed E-state index contributed by atoms with van der Waals surface area (Å²) in [7, 11) is 0. The lowest BCUT2D eigenvalue weighted by Gasteiger charge is -2.32. The summed E-state index contributed by atoms with van der Waals surface area (Å²) in [6.07, 6.45) is 0. The predicted molar refractivity (Wildman–Crippen MR) is 118 cm³/mol. The molecule has 0 aromatic carbocycles. The van der Waals surface area contributed by atoms with Crippen LogP contribution >= 0.6 is 0 Å². The summed E-state index contributed by atoms with van der Waals surface area (Å²) in [5.74, 6) is -2.93. The van der Waals surface area contributed by atoms with Gasteiger partial charge in [-0.2, -0.15) is 4.73 Å². The van der Waals surface area contributed by atoms with Crippen LogP contribution in [-0.4, -0.2) is 125 Å². The first-order chi connectivity index (χ1) is 15.6. The van der Waals surface area contributed by atoms with Gasteiger partial charge in [-0.3, -0.25) is 34.0 Å². The highest BCUT2D eigenvalue weighted by atomic mass is 16.5. The first kappa shape index (κ1) is 26.5. The third kappa shape index (κ3) is 9.70. The van der Waals surface area contributed by atoms with E-state index in [-0.39, 0.29) is 19.6 Å². The lowest BCUT2D eigenvalue weighted by molar-refractivity contribution is -0.622. The van der Waals surface area contributed by atoms with Gasteiger partial charge in [0.2, 0.25) is 5.69 Å². The van der Waals surface area contributed by atoms with E-state index < -0.39 is 17.9 Å². The molecule has 0 radical (unpaired) electrons. The van der Waals surface area contributed by atoms with Gasteiger partial charge in [0.15, 0.2) is 5.69 Å². The zero-order chi connectivity index (χ0) is 24.4. The molecule has 1 aliphatic heterocycles. The fourth-order valence-corrected chi connectivity index (χ4v) is 3.79. The predicted octanol–water partition coefficient (Wildman–Crippen LogP) is -1.40. The molecule has 0 spiro atoms. The molecule has 0 aliphatic carbocycles. The Hall–Kier alpha value is -2.80. The molecule has 12 nitrogen and oxygen atoms in total. The standard InChI is InChI=1S/C21H33N5O7/c1-17-3-2-4-18(26(17)33)13-22-5-7-23(14-19(27)28)9-11-25(16-21(31)32)12-10-24(8-6-22)15-20(29)30/h2-4H,5-16H2,1H3,(H,27,28)(H,29,30)(H,31,32). The van der Waals surface area contributed by atoms with E-state index in [4.69, 9.17) is 0 Å². The smallest absolute Gasteiger partial charge is 0.317 e. The van der Waals surface area contributed by atoms with Gasteiger partial charge in [-0.25, -0.2) is 0 Å². The van der Waals surface area contributed by atoms with Crippen LogP contribution in [0.5, 0.6) is 0 Å². The SMILES string of the molecule is Cc1cccc(CN2CCN(CC(=O)O)CCN(CC(=O)O)CCN(CC(=O)O)CC2)[n+]1[O-]. The van der Waals surface area contributed by atoms with E-state index >= 15 is 0 Å². The third-order valence-electron chi connectivity index (χ3n) is 5.60. The maximum absolute atomic E-state index is 12.4. The van der Waals surface area contributed by atoms with Crippen LogP contribution in [-0.2, 0) is 20.9 Å². The van der Waals surface area contributed by atoms with Gasteiger partial charge in [-0.1, -0.05) is 0 Å². The molecule has 33 heavy (non-hydrogen) atoms. The van der Waals surface area contributed by atoms with Crippen LogP contribution < -0.4 is 4.73 Å². The number of nitrogens with zero attached hydrogens (tertiary/aromatic N) is 5. The molecule has 1 aromatic heterocycles. The number of aliphatic carboxylic acids is 3. The molecule has 3 N–H and O–H groups in total. The fraction of sp³-hybridized carbons (Fsp3) is 0.619. The van der Waals surface area contributed by atoms with E-state index in [1.165, 1.54) is 0 Å². The Bertz CT molecular complexity index is 790. The molecule has 12 heteroatoms. The second kappa shape index (κ2) is 13.0. The Balaban J connectivity index is 2.20. The average molecular weight is 468 g/mol. The lowest BCUT2D eigenvalue weighted by atomic mass is 10.2. The summed E-state index contributed by atoms with van der Waals surface area (Å²) in [6.45, 7) is 4.70. The fourth-order valence-electron chi connectivity index (χ4n) is 3.79. The van der Waals surface area contributed by atoms with Crippen LogP contribution in [0.3, 0.4) is 0 Å². The number of rotatable bonds is 8. The minimum absolute atomic E-state index is 0.175. The van der Waals surface area contributed by atoms with Gasteiger partial charge in [0.05, 0.1) is 26.2 Å². The maximum Gasteiger partial charge on any atom is 0.317 e. The average Bonchev–Trinajstić information content (AvgIpc) is 2.72. The lowest BCUT2D eigenvalue weighted by Crippen LogP contribution is -2.49. The van der Waals surface area contributed by atoms with E-state index in [1.54, 1.807) is 39.8 Å². The van der Waals surface area contributed by atoms with E-state index in [1.807, 2.05) is 4.90 Å². The van der Waals surface area contributed by atoms with Crippen molar-refractivity contribution < 1.29 is 34.4 Å². The zero-order valence-corrected chi connectivity index (χ0v) is 18.9. The van der Waals surface area contributed by atoms with Gasteiger partial charge in [-0.05, 0) is 6.07 Å². The van der Waals surface area contributed by atoms with Crippen molar-refractivity contribution in [3.05, 3.63) is 34.8 Å². The summed E-state index contributed by atoms with van der Waals surface area (Å²) in [4.78, 5) is 41.1. The van der Waals surface area contributed by atoms with E-state index in [9.17, 15) is 34.9 Å². The van der Waals surface area contributed by atoms with Gasteiger partial charge in [0.25, 0.3) is 0 Å². The molecule has 1 fully saturated rings. The largest absolute Gasteiger partial charge is 0.618 e. The summed E-state index contributed by atoms with van der Waals surface area (Å²) < 4.78 is 0.865. The molecule has 0 atom stereocenters. The number of carboxylic acid groups (broad SMARTS) is 3. The summed E-state index contributed by atoms with van der Waals surface area (Å²) in [5.41, 5.74) is 1.13. The second-order valence-corrected chi connectivity index (χ2v) is 8.24. The highest BCUT2D eigenvalue weighted by molar-refractivity contribution is 5.69. The van der Waals surface area contributed by atoms with Crippen molar-refractivity contribution in [3.8, 4) is 0 Å². The number of hydrogen-bond acceptors (Lipinski definition) is 8. The highest BCUT2D eigenvalue weighted by Crippen LogP contribution is 2.05. The molecule has 0 amide bonds. The molecule has 2 heterocycles. The Kier molecular flexibility index (Phi) is 10.5. The molecule has 1 saturated heterocycles. The maximum atomic E-state index is 12.4. The molecule has 2 rings (SSSR count). The molecule has 0 bridgehead atoms. The third-order valence-corrected chi connectivity index (χ3v) is 5.60. The van der Waals surface area contributed by atoms with Gasteiger partial charge in [0.1, 0.15) is 0 Å². The second-order valence-electron chi connectivity index (χ2n) is 8.24. The van der Waals surface area contributed by atoms with Crippen LogP contribution in [0.15, 0.2) is 18.2 Å². The molecular weight excluding hydrogens is 434 g/mol. The first-order valence-corrected chi connectivity index (χ1v) is 10.9. The van der Waals surface area contributed by atoms with Crippen molar-refractivity contribution in [1.29, 1.82) is 0 Å². The van der Waals surface area contributed by atoms with Gasteiger partial charge >= 0.3 is 17.9 Å². The van der Waals surface area contributed by atoms with Crippen LogP contribution in [0.25, 0.3) is 0 Å². The Morgan fingerprint density at radius 2 is 1.12 bits per heavy atom. The zero-order valence-electron chi connectivity index (χ0n) is 18.9. The first-order valence-electron chi connectivity index (χ1n) is 10.9. The number of carboxylic acids is 3. The van der Waals surface area contributed by atoms with Gasteiger partial charge < -0.3 is 20.5 Å². The number of carbonyl (C=O) groups is 3. The van der Waals surface area contributed by atoms with E-state index in [0.29, 0.717) is 70.3 Å². The topological polar surface area (TPSA) is 152 Å². The Morgan fingerprint density at radius 1 is 0.758 bits per heavy atom.